The van der Waals surface area contributed by atoms with Crippen molar-refractivity contribution in [1.29, 1.82) is 0 Å². The number of fused-ring (bicyclic) bond motifs is 4. The summed E-state index contributed by atoms with van der Waals surface area (Å²) in [5.41, 5.74) is 11.9. The summed E-state index contributed by atoms with van der Waals surface area (Å²) in [6.45, 7) is 0. The topological polar surface area (TPSA) is 30.7 Å². The van der Waals surface area contributed by atoms with E-state index < -0.39 is 0 Å². The van der Waals surface area contributed by atoms with Gasteiger partial charge in [0.1, 0.15) is 5.82 Å². The zero-order chi connectivity index (χ0) is 33.7. The van der Waals surface area contributed by atoms with Crippen molar-refractivity contribution in [3.63, 3.8) is 0 Å². The van der Waals surface area contributed by atoms with E-state index in [1.54, 1.807) is 0 Å². The monoisotopic (exact) mass is 649 g/mol. The molecule has 0 spiro atoms. The summed E-state index contributed by atoms with van der Waals surface area (Å²) < 4.78 is 2.26. The van der Waals surface area contributed by atoms with Crippen LogP contribution < -0.4 is 0 Å². The Bertz CT molecular complexity index is 2900. The molecule has 0 fully saturated rings. The van der Waals surface area contributed by atoms with E-state index in [0.29, 0.717) is 0 Å². The highest BCUT2D eigenvalue weighted by Crippen LogP contribution is 2.37. The van der Waals surface area contributed by atoms with Gasteiger partial charge in [0.2, 0.25) is 0 Å². The Hall–Kier alpha value is -6.84. The van der Waals surface area contributed by atoms with Gasteiger partial charge in [0.05, 0.1) is 22.2 Å². The lowest BCUT2D eigenvalue weighted by Gasteiger charge is -2.14. The van der Waals surface area contributed by atoms with Crippen molar-refractivity contribution in [3.8, 4) is 50.6 Å². The molecule has 0 bridgehead atoms. The number of pyridine rings is 1. The van der Waals surface area contributed by atoms with Crippen LogP contribution in [0.4, 0.5) is 0 Å². The smallest absolute Gasteiger partial charge is 0.145 e. The minimum Gasteiger partial charge on any atom is -0.292 e. The average molecular weight is 650 g/mol. The summed E-state index contributed by atoms with van der Waals surface area (Å²) in [6, 6.07) is 66.9. The standard InChI is InChI=1S/C48H31N3/c1-2-12-35(13-3-1)48-50-45-16-8-9-17-47(45)51(48)41-25-22-34(23-26-41)42-31-46(40-21-19-33-11-5-7-15-37(33)29-40)49-44-27-24-39(30-43(42)44)38-20-18-32-10-4-6-14-36(32)28-38/h1-31H. The van der Waals surface area contributed by atoms with Crippen LogP contribution in [0.1, 0.15) is 0 Å². The van der Waals surface area contributed by atoms with E-state index in [1.165, 1.54) is 32.7 Å². The van der Waals surface area contributed by atoms with Crippen molar-refractivity contribution < 1.29 is 0 Å². The molecule has 3 nitrogen and oxygen atoms in total. The van der Waals surface area contributed by atoms with E-state index in [4.69, 9.17) is 9.97 Å². The highest BCUT2D eigenvalue weighted by atomic mass is 15.1. The average Bonchev–Trinajstić information content (AvgIpc) is 3.60. The summed E-state index contributed by atoms with van der Waals surface area (Å²) in [5, 5.41) is 6.02. The molecule has 0 radical (unpaired) electrons. The molecule has 2 aromatic heterocycles. The second-order valence-corrected chi connectivity index (χ2v) is 13.1. The van der Waals surface area contributed by atoms with Crippen LogP contribution >= 0.6 is 0 Å². The number of hydrogen-bond donors (Lipinski definition) is 0. The van der Waals surface area contributed by atoms with Gasteiger partial charge in [-0.05, 0) is 98.4 Å². The third-order valence-electron chi connectivity index (χ3n) is 9.97. The number of nitrogens with zero attached hydrogens (tertiary/aromatic N) is 3. The molecule has 51 heavy (non-hydrogen) atoms. The first-order valence-corrected chi connectivity index (χ1v) is 17.3. The van der Waals surface area contributed by atoms with Crippen LogP contribution in [0.15, 0.2) is 188 Å². The molecule has 2 heterocycles. The van der Waals surface area contributed by atoms with Crippen LogP contribution in [0.25, 0.3) is 94.1 Å². The van der Waals surface area contributed by atoms with Crippen LogP contribution in [0.5, 0.6) is 0 Å². The second kappa shape index (κ2) is 11.9. The van der Waals surface area contributed by atoms with E-state index in [9.17, 15) is 0 Å². The molecule has 0 atom stereocenters. The number of imidazole rings is 1. The van der Waals surface area contributed by atoms with Gasteiger partial charge >= 0.3 is 0 Å². The van der Waals surface area contributed by atoms with Crippen molar-refractivity contribution in [2.24, 2.45) is 0 Å². The molecule has 0 saturated heterocycles. The Morgan fingerprint density at radius 1 is 0.353 bits per heavy atom. The molecule has 0 saturated carbocycles. The van der Waals surface area contributed by atoms with Crippen molar-refractivity contribution >= 4 is 43.5 Å². The van der Waals surface area contributed by atoms with Crippen molar-refractivity contribution in [2.75, 3.05) is 0 Å². The van der Waals surface area contributed by atoms with Crippen LogP contribution in [0, 0.1) is 0 Å². The van der Waals surface area contributed by atoms with Gasteiger partial charge in [-0.1, -0.05) is 133 Å². The fourth-order valence-electron chi connectivity index (χ4n) is 7.37. The first kappa shape index (κ1) is 29.1. The molecule has 0 N–H and O–H groups in total. The molecule has 0 aliphatic carbocycles. The van der Waals surface area contributed by atoms with Crippen LogP contribution in [-0.4, -0.2) is 14.5 Å². The molecule has 238 valence electrons. The third kappa shape index (κ3) is 5.15. The summed E-state index contributed by atoms with van der Waals surface area (Å²) in [6.07, 6.45) is 0. The summed E-state index contributed by atoms with van der Waals surface area (Å²) in [7, 11) is 0. The molecule has 0 unspecified atom stereocenters. The Labute approximate surface area is 295 Å². The molecule has 3 heteroatoms. The van der Waals surface area contributed by atoms with Gasteiger partial charge in [-0.15, -0.1) is 0 Å². The summed E-state index contributed by atoms with van der Waals surface area (Å²) >= 11 is 0. The van der Waals surface area contributed by atoms with Gasteiger partial charge in [0.25, 0.3) is 0 Å². The SMILES string of the molecule is c1ccc(-c2nc3ccccc3n2-c2ccc(-c3cc(-c4ccc5ccccc5c4)nc4ccc(-c5ccc6ccccc6c5)cc34)cc2)cc1. The van der Waals surface area contributed by atoms with Crippen LogP contribution in [-0.2, 0) is 0 Å². The largest absolute Gasteiger partial charge is 0.292 e. The molecule has 10 rings (SSSR count). The molecule has 8 aromatic carbocycles. The highest BCUT2D eigenvalue weighted by Gasteiger charge is 2.16. The van der Waals surface area contributed by atoms with Gasteiger partial charge in [-0.2, -0.15) is 0 Å². The number of hydrogen-bond acceptors (Lipinski definition) is 2. The highest BCUT2D eigenvalue weighted by molar-refractivity contribution is 6.00. The maximum absolute atomic E-state index is 5.25. The molecule has 10 aromatic rings. The number of aromatic nitrogens is 3. The van der Waals surface area contributed by atoms with E-state index >= 15 is 0 Å². The Balaban J connectivity index is 1.15. The van der Waals surface area contributed by atoms with E-state index in [0.717, 1.165) is 61.4 Å². The van der Waals surface area contributed by atoms with E-state index in [-0.39, 0.29) is 0 Å². The maximum Gasteiger partial charge on any atom is 0.145 e. The van der Waals surface area contributed by atoms with Gasteiger partial charge < -0.3 is 0 Å². The first-order valence-electron chi connectivity index (χ1n) is 17.3. The Kier molecular flexibility index (Phi) is 6.81. The predicted molar refractivity (Wildman–Crippen MR) is 213 cm³/mol. The molecular weight excluding hydrogens is 619 g/mol. The van der Waals surface area contributed by atoms with Crippen molar-refractivity contribution in [2.45, 2.75) is 0 Å². The lowest BCUT2D eigenvalue weighted by atomic mass is 9.94. The van der Waals surface area contributed by atoms with Crippen LogP contribution in [0.3, 0.4) is 0 Å². The van der Waals surface area contributed by atoms with Crippen molar-refractivity contribution in [1.82, 2.24) is 14.5 Å². The minimum absolute atomic E-state index is 0.928. The predicted octanol–water partition coefficient (Wildman–Crippen LogP) is 12.5. The quantitative estimate of drug-likeness (QED) is 0.186. The first-order chi connectivity index (χ1) is 25.2. The molecule has 0 aliphatic heterocycles. The van der Waals surface area contributed by atoms with Gasteiger partial charge in [-0.25, -0.2) is 9.97 Å². The van der Waals surface area contributed by atoms with Gasteiger partial charge in [0, 0.05) is 22.2 Å². The van der Waals surface area contributed by atoms with E-state index in [2.05, 4.69) is 180 Å². The normalized spacial score (nSPS) is 11.5. The minimum atomic E-state index is 0.928. The Morgan fingerprint density at radius 3 is 1.71 bits per heavy atom. The van der Waals surface area contributed by atoms with Gasteiger partial charge in [-0.3, -0.25) is 4.57 Å². The second-order valence-electron chi connectivity index (χ2n) is 13.1. The summed E-state index contributed by atoms with van der Waals surface area (Å²) in [4.78, 5) is 10.3. The number of para-hydroxylation sites is 2. The van der Waals surface area contributed by atoms with Crippen molar-refractivity contribution in [3.05, 3.63) is 188 Å². The summed E-state index contributed by atoms with van der Waals surface area (Å²) in [5.74, 6) is 0.928. The van der Waals surface area contributed by atoms with E-state index in [1.807, 2.05) is 12.1 Å². The lowest BCUT2D eigenvalue weighted by molar-refractivity contribution is 1.10. The maximum atomic E-state index is 5.25. The molecular formula is C48H31N3. The fraction of sp³-hybridized carbons (Fsp3) is 0. The van der Waals surface area contributed by atoms with Crippen LogP contribution in [0.2, 0.25) is 0 Å². The third-order valence-corrected chi connectivity index (χ3v) is 9.97. The van der Waals surface area contributed by atoms with Gasteiger partial charge in [0.15, 0.2) is 0 Å². The lowest BCUT2D eigenvalue weighted by Crippen LogP contribution is -1.98. The zero-order valence-corrected chi connectivity index (χ0v) is 27.7. The molecule has 0 amide bonds. The fourth-order valence-corrected chi connectivity index (χ4v) is 7.37. The Morgan fingerprint density at radius 2 is 0.941 bits per heavy atom. The number of rotatable bonds is 5. The number of benzene rings is 8. The zero-order valence-electron chi connectivity index (χ0n) is 27.7. The molecule has 0 aliphatic rings.